The molecule has 2 aromatic carbocycles. The van der Waals surface area contributed by atoms with Crippen LogP contribution in [0.5, 0.6) is 0 Å². The number of ketones is 1. The fourth-order valence-corrected chi connectivity index (χ4v) is 5.64. The van der Waals surface area contributed by atoms with E-state index in [4.69, 9.17) is 5.73 Å². The summed E-state index contributed by atoms with van der Waals surface area (Å²) in [6, 6.07) is 16.4. The number of anilines is 2. The Morgan fingerprint density at radius 1 is 1.00 bits per heavy atom. The number of H-pyrrole nitrogens is 1. The largest absolute Gasteiger partial charge is 0.383 e. The lowest BCUT2D eigenvalue weighted by atomic mass is 9.99. The molecule has 1 aliphatic carbocycles. The van der Waals surface area contributed by atoms with Crippen LogP contribution < -0.4 is 10.6 Å². The van der Waals surface area contributed by atoms with Gasteiger partial charge in [0.15, 0.2) is 5.78 Å². The van der Waals surface area contributed by atoms with Crippen molar-refractivity contribution in [3.05, 3.63) is 89.0 Å². The number of hydrogen-bond acceptors (Lipinski definition) is 7. The molecule has 3 N–H and O–H groups in total. The van der Waals surface area contributed by atoms with Gasteiger partial charge in [-0.05, 0) is 72.6 Å². The van der Waals surface area contributed by atoms with Gasteiger partial charge >= 0.3 is 0 Å². The molecule has 7 rings (SSSR count). The molecule has 40 heavy (non-hydrogen) atoms. The normalized spacial score (nSPS) is 15.4. The van der Waals surface area contributed by atoms with Gasteiger partial charge in [-0.2, -0.15) is 5.10 Å². The molecule has 0 radical (unpaired) electrons. The first-order valence-corrected chi connectivity index (χ1v) is 13.5. The highest BCUT2D eigenvalue weighted by Crippen LogP contribution is 2.33. The second-order valence-corrected chi connectivity index (χ2v) is 10.7. The zero-order valence-electron chi connectivity index (χ0n) is 22.6. The maximum atomic E-state index is 13.6. The summed E-state index contributed by atoms with van der Waals surface area (Å²) in [5.41, 5.74) is 14.6. The third-order valence-corrected chi connectivity index (χ3v) is 7.93. The summed E-state index contributed by atoms with van der Waals surface area (Å²) >= 11 is 0. The predicted octanol–water partition coefficient (Wildman–Crippen LogP) is 4.28. The van der Waals surface area contributed by atoms with Crippen LogP contribution in [0.25, 0.3) is 33.9 Å². The van der Waals surface area contributed by atoms with Gasteiger partial charge in [-0.25, -0.2) is 14.6 Å². The van der Waals surface area contributed by atoms with E-state index in [0.717, 1.165) is 76.8 Å². The van der Waals surface area contributed by atoms with Gasteiger partial charge in [-0.15, -0.1) is 0 Å². The molecule has 0 unspecified atom stereocenters. The highest BCUT2D eigenvalue weighted by Gasteiger charge is 2.25. The number of nitrogen functional groups attached to an aromatic ring is 1. The van der Waals surface area contributed by atoms with E-state index in [1.807, 2.05) is 43.5 Å². The Morgan fingerprint density at radius 3 is 2.67 bits per heavy atom. The Kier molecular flexibility index (Phi) is 5.74. The first-order valence-electron chi connectivity index (χ1n) is 13.5. The number of aromatic amines is 1. The molecule has 0 bridgehead atoms. The lowest BCUT2D eigenvalue weighted by Gasteiger charge is -2.33. The molecular weight excluding hydrogens is 500 g/mol. The van der Waals surface area contributed by atoms with Crippen LogP contribution in [-0.2, 0) is 6.42 Å². The quantitative estimate of drug-likeness (QED) is 0.327. The van der Waals surface area contributed by atoms with E-state index in [1.54, 1.807) is 10.9 Å². The molecule has 0 atom stereocenters. The van der Waals surface area contributed by atoms with Crippen LogP contribution in [0.1, 0.15) is 27.3 Å². The smallest absolute Gasteiger partial charge is 0.194 e. The van der Waals surface area contributed by atoms with Crippen LogP contribution >= 0.6 is 0 Å². The maximum absolute atomic E-state index is 13.6. The van der Waals surface area contributed by atoms with Gasteiger partial charge in [0.25, 0.3) is 0 Å². The number of nitrogens with two attached hydrogens (primary N) is 1. The molecule has 9 heteroatoms. The average molecular weight is 531 g/mol. The van der Waals surface area contributed by atoms with Gasteiger partial charge in [0, 0.05) is 44.4 Å². The highest BCUT2D eigenvalue weighted by molar-refractivity contribution is 6.15. The Balaban J connectivity index is 1.11. The van der Waals surface area contributed by atoms with Crippen molar-refractivity contribution in [1.29, 1.82) is 0 Å². The maximum Gasteiger partial charge on any atom is 0.194 e. The monoisotopic (exact) mass is 530 g/mol. The zero-order valence-corrected chi connectivity index (χ0v) is 22.6. The fraction of sp³-hybridized carbons (Fsp3) is 0.226. The van der Waals surface area contributed by atoms with Crippen molar-refractivity contribution >= 4 is 34.5 Å². The number of piperazine rings is 1. The summed E-state index contributed by atoms with van der Waals surface area (Å²) in [6.45, 7) is 5.94. The molecule has 0 amide bonds. The minimum atomic E-state index is -0.0961. The van der Waals surface area contributed by atoms with E-state index in [-0.39, 0.29) is 5.78 Å². The number of hydrogen-bond donors (Lipinski definition) is 2. The minimum absolute atomic E-state index is 0.0961. The first kappa shape index (κ1) is 24.3. The summed E-state index contributed by atoms with van der Waals surface area (Å²) < 4.78 is 1.60. The van der Waals surface area contributed by atoms with E-state index in [2.05, 4.69) is 61.2 Å². The number of nitrogens with zero attached hydrogens (tertiary/aromatic N) is 6. The van der Waals surface area contributed by atoms with Gasteiger partial charge in [0.2, 0.25) is 0 Å². The molecule has 4 heterocycles. The van der Waals surface area contributed by atoms with Crippen molar-refractivity contribution in [1.82, 2.24) is 29.6 Å². The molecule has 3 aromatic heterocycles. The molecule has 1 saturated heterocycles. The fourth-order valence-electron chi connectivity index (χ4n) is 5.64. The number of Topliss-reactive ketones (excluding diaryl/α,β-unsaturated/α-hetero) is 1. The SMILES string of the molecule is Cc1nc2ccc(-n3ncc(C(=O)C4=Cc5ccc(-c6ccnc(N7CCN(C)CC7)c6)cc5C4)c3N)cc2[nH]1. The van der Waals surface area contributed by atoms with Crippen LogP contribution in [0.4, 0.5) is 11.6 Å². The van der Waals surface area contributed by atoms with Gasteiger partial charge in [0.1, 0.15) is 17.5 Å². The van der Waals surface area contributed by atoms with Crippen molar-refractivity contribution in [2.75, 3.05) is 43.9 Å². The number of fused-ring (bicyclic) bond motifs is 2. The summed E-state index contributed by atoms with van der Waals surface area (Å²) in [6.07, 6.45) is 5.98. The molecule has 0 saturated carbocycles. The standard InChI is InChI=1S/C31H30N8O/c1-19-35-27-6-5-25(17-28(27)36-19)39-31(32)26(18-34-39)30(40)24-14-21-4-3-20(13-23(21)15-24)22-7-8-33-29(16-22)38-11-9-37(2)10-12-38/h3-8,13-14,16-18H,9-12,15,32H2,1-2H3,(H,35,36). The van der Waals surface area contributed by atoms with E-state index >= 15 is 0 Å². The van der Waals surface area contributed by atoms with Crippen LogP contribution in [0.3, 0.4) is 0 Å². The predicted molar refractivity (Wildman–Crippen MR) is 158 cm³/mol. The van der Waals surface area contributed by atoms with Gasteiger partial charge in [-0.3, -0.25) is 4.79 Å². The average Bonchev–Trinajstić information content (AvgIpc) is 3.67. The number of likely N-dealkylation sites (N-methyl/N-ethyl adjacent to an activating group) is 1. The van der Waals surface area contributed by atoms with Crippen LogP contribution in [0.2, 0.25) is 0 Å². The molecule has 1 fully saturated rings. The summed E-state index contributed by atoms with van der Waals surface area (Å²) in [7, 11) is 2.15. The number of allylic oxidation sites excluding steroid dienone is 1. The van der Waals surface area contributed by atoms with Crippen molar-refractivity contribution in [2.45, 2.75) is 13.3 Å². The van der Waals surface area contributed by atoms with Gasteiger partial charge in [0.05, 0.1) is 28.5 Å². The molecule has 200 valence electrons. The highest BCUT2D eigenvalue weighted by atomic mass is 16.1. The van der Waals surface area contributed by atoms with E-state index in [0.29, 0.717) is 23.4 Å². The second-order valence-electron chi connectivity index (χ2n) is 10.7. The molecule has 5 aromatic rings. The number of aromatic nitrogens is 5. The Labute approximate surface area is 232 Å². The van der Waals surface area contributed by atoms with Gasteiger partial charge < -0.3 is 20.5 Å². The second kappa shape index (κ2) is 9.46. The minimum Gasteiger partial charge on any atom is -0.383 e. The molecule has 2 aliphatic rings. The number of imidazole rings is 1. The van der Waals surface area contributed by atoms with Crippen LogP contribution in [-0.4, -0.2) is 68.6 Å². The topological polar surface area (TPSA) is 109 Å². The number of carbonyl (C=O) groups is 1. The molecular formula is C31H30N8O. The molecule has 0 spiro atoms. The van der Waals surface area contributed by atoms with Crippen LogP contribution in [0, 0.1) is 6.92 Å². The number of nitrogens with one attached hydrogen (secondary N) is 1. The third kappa shape index (κ3) is 4.24. The molecule has 9 nitrogen and oxygen atoms in total. The lowest BCUT2D eigenvalue weighted by molar-refractivity contribution is 0.103. The molecule has 1 aliphatic heterocycles. The van der Waals surface area contributed by atoms with Crippen molar-refractivity contribution < 1.29 is 4.79 Å². The zero-order chi connectivity index (χ0) is 27.4. The summed E-state index contributed by atoms with van der Waals surface area (Å²) in [5.74, 6) is 2.08. The number of aryl methyl sites for hydroxylation is 1. The van der Waals surface area contributed by atoms with Crippen molar-refractivity contribution in [3.63, 3.8) is 0 Å². The number of rotatable bonds is 5. The number of pyridine rings is 1. The summed E-state index contributed by atoms with van der Waals surface area (Å²) in [5, 5.41) is 4.44. The van der Waals surface area contributed by atoms with Crippen molar-refractivity contribution in [3.8, 4) is 16.8 Å². The van der Waals surface area contributed by atoms with E-state index < -0.39 is 0 Å². The first-order chi connectivity index (χ1) is 19.4. The lowest BCUT2D eigenvalue weighted by Crippen LogP contribution is -2.44. The van der Waals surface area contributed by atoms with Crippen LogP contribution in [0.15, 0.2) is 66.5 Å². The summed E-state index contributed by atoms with van der Waals surface area (Å²) in [4.78, 5) is 30.5. The Bertz CT molecular complexity index is 1810. The van der Waals surface area contributed by atoms with Gasteiger partial charge in [-0.1, -0.05) is 18.2 Å². The Morgan fingerprint density at radius 2 is 1.82 bits per heavy atom. The van der Waals surface area contributed by atoms with E-state index in [1.165, 1.54) is 0 Å². The van der Waals surface area contributed by atoms with Crippen molar-refractivity contribution in [2.24, 2.45) is 0 Å². The van der Waals surface area contributed by atoms with E-state index in [9.17, 15) is 4.79 Å². The number of benzene rings is 2. The Hall–Kier alpha value is -4.76. The number of carbonyl (C=O) groups excluding carboxylic acids is 1. The third-order valence-electron chi connectivity index (χ3n) is 7.93.